The Labute approximate surface area is 200 Å². The van der Waals surface area contributed by atoms with Gasteiger partial charge >= 0.3 is 5.97 Å². The molecule has 1 amide bonds. The highest BCUT2D eigenvalue weighted by atomic mass is 32.2. The number of carbonyl (C=O) groups is 2. The van der Waals surface area contributed by atoms with Gasteiger partial charge in [0.05, 0.1) is 16.6 Å². The molecule has 10 heteroatoms. The number of amides is 1. The molecule has 2 N–H and O–H groups in total. The Balaban J connectivity index is 1.58. The van der Waals surface area contributed by atoms with Crippen LogP contribution in [0.3, 0.4) is 0 Å². The summed E-state index contributed by atoms with van der Waals surface area (Å²) in [5, 5.41) is 9.57. The van der Waals surface area contributed by atoms with Crippen molar-refractivity contribution in [2.24, 2.45) is 0 Å². The minimum absolute atomic E-state index is 0.0486. The molecule has 0 saturated carbocycles. The largest absolute Gasteiger partial charge is 0.449 e. The van der Waals surface area contributed by atoms with Crippen molar-refractivity contribution in [2.45, 2.75) is 37.9 Å². The van der Waals surface area contributed by atoms with E-state index in [9.17, 15) is 23.1 Å². The molecule has 0 bridgehead atoms. The summed E-state index contributed by atoms with van der Waals surface area (Å²) >= 11 is 0. The fraction of sp³-hybridized carbons (Fsp3) is 0.417. The Kier molecular flexibility index (Phi) is 8.29. The normalized spacial score (nSPS) is 16.5. The van der Waals surface area contributed by atoms with Crippen LogP contribution in [0.25, 0.3) is 0 Å². The van der Waals surface area contributed by atoms with Gasteiger partial charge in [-0.2, -0.15) is 0 Å². The lowest BCUT2D eigenvalue weighted by Crippen LogP contribution is -2.51. The van der Waals surface area contributed by atoms with E-state index in [1.165, 1.54) is 36.4 Å². The molecule has 184 valence electrons. The maximum absolute atomic E-state index is 12.6. The monoisotopic (exact) mass is 489 g/mol. The van der Waals surface area contributed by atoms with Gasteiger partial charge in [0.15, 0.2) is 6.10 Å². The first kappa shape index (κ1) is 25.7. The number of hydrogen-bond acceptors (Lipinski definition) is 7. The SMILES string of the molecule is CCN1CCN(C(=O)[C@H](C)OC(=O)c2ccc(NS(=O)(=O)c3ccc([C@H](C)O)cc3)cc2)CC1. The van der Waals surface area contributed by atoms with Crippen molar-refractivity contribution >= 4 is 27.6 Å². The lowest BCUT2D eigenvalue weighted by atomic mass is 10.1. The lowest BCUT2D eigenvalue weighted by Gasteiger charge is -2.35. The van der Waals surface area contributed by atoms with Crippen molar-refractivity contribution in [1.82, 2.24) is 9.80 Å². The standard InChI is InChI=1S/C24H31N3O6S/c1-4-26-13-15-27(16-14-26)23(29)18(3)33-24(30)20-5-9-21(10-6-20)25-34(31,32)22-11-7-19(8-12-22)17(2)28/h5-12,17-18,25,28H,4,13-16H2,1-3H3/t17-,18-/m0/s1. The maximum Gasteiger partial charge on any atom is 0.338 e. The van der Waals surface area contributed by atoms with E-state index in [2.05, 4.69) is 16.5 Å². The molecular formula is C24H31N3O6S. The third kappa shape index (κ3) is 6.34. The van der Waals surface area contributed by atoms with Crippen LogP contribution >= 0.6 is 0 Å². The van der Waals surface area contributed by atoms with E-state index in [0.29, 0.717) is 18.7 Å². The number of rotatable bonds is 8. The van der Waals surface area contributed by atoms with Crippen molar-refractivity contribution in [3.8, 4) is 0 Å². The van der Waals surface area contributed by atoms with Gasteiger partial charge in [-0.3, -0.25) is 9.52 Å². The predicted molar refractivity (Wildman–Crippen MR) is 128 cm³/mol. The maximum atomic E-state index is 12.6. The van der Waals surface area contributed by atoms with Gasteiger partial charge in [-0.05, 0) is 62.4 Å². The second kappa shape index (κ2) is 11.0. The lowest BCUT2D eigenvalue weighted by molar-refractivity contribution is -0.141. The van der Waals surface area contributed by atoms with Crippen LogP contribution in [-0.2, 0) is 19.6 Å². The molecule has 1 saturated heterocycles. The Morgan fingerprint density at radius 1 is 1.00 bits per heavy atom. The molecule has 2 atom stereocenters. The number of carbonyl (C=O) groups excluding carboxylic acids is 2. The van der Waals surface area contributed by atoms with Crippen LogP contribution in [0.2, 0.25) is 0 Å². The van der Waals surface area contributed by atoms with Crippen LogP contribution in [0.15, 0.2) is 53.4 Å². The Morgan fingerprint density at radius 2 is 1.59 bits per heavy atom. The number of sulfonamides is 1. The van der Waals surface area contributed by atoms with Gasteiger partial charge in [-0.1, -0.05) is 19.1 Å². The quantitative estimate of drug-likeness (QED) is 0.546. The van der Waals surface area contributed by atoms with Gasteiger partial charge in [-0.25, -0.2) is 13.2 Å². The third-order valence-electron chi connectivity index (χ3n) is 5.81. The first-order chi connectivity index (χ1) is 16.1. The summed E-state index contributed by atoms with van der Waals surface area (Å²) in [7, 11) is -3.84. The number of nitrogens with one attached hydrogen (secondary N) is 1. The number of ether oxygens (including phenoxy) is 1. The van der Waals surface area contributed by atoms with Crippen LogP contribution in [0.1, 0.15) is 42.8 Å². The molecule has 0 aliphatic carbocycles. The fourth-order valence-corrected chi connectivity index (χ4v) is 4.69. The highest BCUT2D eigenvalue weighted by Crippen LogP contribution is 2.20. The Hall–Kier alpha value is -2.95. The van der Waals surface area contributed by atoms with Gasteiger partial charge in [0.2, 0.25) is 0 Å². The molecule has 3 rings (SSSR count). The first-order valence-electron chi connectivity index (χ1n) is 11.2. The molecular weight excluding hydrogens is 458 g/mol. The number of likely N-dealkylation sites (N-methyl/N-ethyl adjacent to an activating group) is 1. The average Bonchev–Trinajstić information content (AvgIpc) is 2.83. The molecule has 2 aromatic rings. The zero-order valence-corrected chi connectivity index (χ0v) is 20.4. The van der Waals surface area contributed by atoms with Crippen LogP contribution in [0.4, 0.5) is 5.69 Å². The molecule has 9 nitrogen and oxygen atoms in total. The topological polar surface area (TPSA) is 116 Å². The van der Waals surface area contributed by atoms with E-state index in [0.717, 1.165) is 19.6 Å². The summed E-state index contributed by atoms with van der Waals surface area (Å²) in [6.45, 7) is 8.96. The van der Waals surface area contributed by atoms with Gasteiger partial charge < -0.3 is 19.6 Å². The molecule has 0 spiro atoms. The molecule has 1 fully saturated rings. The predicted octanol–water partition coefficient (Wildman–Crippen LogP) is 2.25. The molecule has 1 aliphatic rings. The second-order valence-corrected chi connectivity index (χ2v) is 9.92. The number of aliphatic hydroxyl groups excluding tert-OH is 1. The van der Waals surface area contributed by atoms with Crippen molar-refractivity contribution in [1.29, 1.82) is 0 Å². The fourth-order valence-electron chi connectivity index (χ4n) is 3.63. The zero-order chi connectivity index (χ0) is 24.9. The number of aliphatic hydroxyl groups is 1. The number of hydrogen-bond donors (Lipinski definition) is 2. The summed E-state index contributed by atoms with van der Waals surface area (Å²) in [6.07, 6.45) is -1.61. The third-order valence-corrected chi connectivity index (χ3v) is 7.21. The van der Waals surface area contributed by atoms with Crippen molar-refractivity contribution in [2.75, 3.05) is 37.4 Å². The minimum Gasteiger partial charge on any atom is -0.449 e. The van der Waals surface area contributed by atoms with Crippen LogP contribution in [-0.4, -0.2) is 74.0 Å². The minimum atomic E-state index is -3.84. The van der Waals surface area contributed by atoms with E-state index in [1.54, 1.807) is 30.9 Å². The Bertz CT molecular complexity index is 1090. The molecule has 1 heterocycles. The number of piperazine rings is 1. The van der Waals surface area contributed by atoms with Gasteiger partial charge in [0.1, 0.15) is 0 Å². The van der Waals surface area contributed by atoms with Crippen LogP contribution in [0.5, 0.6) is 0 Å². The highest BCUT2D eigenvalue weighted by Gasteiger charge is 2.27. The molecule has 0 unspecified atom stereocenters. The van der Waals surface area contributed by atoms with E-state index < -0.39 is 28.2 Å². The van der Waals surface area contributed by atoms with Crippen molar-refractivity contribution in [3.05, 3.63) is 59.7 Å². The van der Waals surface area contributed by atoms with Gasteiger partial charge in [0.25, 0.3) is 15.9 Å². The molecule has 2 aromatic carbocycles. The summed E-state index contributed by atoms with van der Waals surface area (Å²) in [5.74, 6) is -0.883. The van der Waals surface area contributed by atoms with Crippen LogP contribution in [0, 0.1) is 0 Å². The summed E-state index contributed by atoms with van der Waals surface area (Å²) in [5.41, 5.74) is 1.09. The smallest absolute Gasteiger partial charge is 0.338 e. The van der Waals surface area contributed by atoms with E-state index >= 15 is 0 Å². The van der Waals surface area contributed by atoms with E-state index in [4.69, 9.17) is 4.74 Å². The number of esters is 1. The van der Waals surface area contributed by atoms with Crippen molar-refractivity contribution < 1.29 is 27.9 Å². The van der Waals surface area contributed by atoms with Gasteiger partial charge in [-0.15, -0.1) is 0 Å². The second-order valence-electron chi connectivity index (χ2n) is 8.23. The van der Waals surface area contributed by atoms with Crippen molar-refractivity contribution in [3.63, 3.8) is 0 Å². The first-order valence-corrected chi connectivity index (χ1v) is 12.7. The van der Waals surface area contributed by atoms with Crippen LogP contribution < -0.4 is 4.72 Å². The zero-order valence-electron chi connectivity index (χ0n) is 19.6. The molecule has 34 heavy (non-hydrogen) atoms. The van der Waals surface area contributed by atoms with E-state index in [1.807, 2.05) is 0 Å². The highest BCUT2D eigenvalue weighted by molar-refractivity contribution is 7.92. The number of benzene rings is 2. The Morgan fingerprint density at radius 3 is 2.12 bits per heavy atom. The summed E-state index contributed by atoms with van der Waals surface area (Å²) < 4.78 is 33.0. The number of nitrogens with zero attached hydrogens (tertiary/aromatic N) is 2. The molecule has 0 radical (unpaired) electrons. The van der Waals surface area contributed by atoms with E-state index in [-0.39, 0.29) is 22.1 Å². The number of anilines is 1. The van der Waals surface area contributed by atoms with Gasteiger partial charge in [0, 0.05) is 31.9 Å². The molecule has 0 aromatic heterocycles. The molecule has 1 aliphatic heterocycles. The summed E-state index contributed by atoms with van der Waals surface area (Å²) in [6, 6.07) is 11.7. The summed E-state index contributed by atoms with van der Waals surface area (Å²) in [4.78, 5) is 29.1. The average molecular weight is 490 g/mol.